The number of nitrogens with one attached hydrogen (secondary N) is 1. The molecule has 5 heteroatoms. The molecule has 0 radical (unpaired) electrons. The number of aryl methyl sites for hydroxylation is 1. The normalized spacial score (nSPS) is 11.0. The van der Waals surface area contributed by atoms with Gasteiger partial charge in [0.15, 0.2) is 0 Å². The first-order valence-electron chi connectivity index (χ1n) is 7.77. The van der Waals surface area contributed by atoms with E-state index in [1.807, 2.05) is 59.4 Å². The molecule has 5 nitrogen and oxygen atoms in total. The van der Waals surface area contributed by atoms with Crippen molar-refractivity contribution in [3.63, 3.8) is 0 Å². The Morgan fingerprint density at radius 1 is 1.12 bits per heavy atom. The van der Waals surface area contributed by atoms with Crippen LogP contribution in [0.2, 0.25) is 0 Å². The van der Waals surface area contributed by atoms with Crippen LogP contribution in [-0.2, 0) is 6.54 Å². The van der Waals surface area contributed by atoms with Crippen LogP contribution in [0.25, 0.3) is 27.7 Å². The van der Waals surface area contributed by atoms with Crippen LogP contribution in [0.4, 0.5) is 0 Å². The quantitative estimate of drug-likeness (QED) is 0.591. The van der Waals surface area contributed by atoms with Gasteiger partial charge in [-0.25, -0.2) is 9.36 Å². The number of hydrogen-bond acceptors (Lipinski definition) is 2. The number of aromatic amines is 1. The minimum atomic E-state index is -0.0661. The molecule has 1 N–H and O–H groups in total. The van der Waals surface area contributed by atoms with Crippen LogP contribution in [-0.4, -0.2) is 9.38 Å². The van der Waals surface area contributed by atoms with Gasteiger partial charge in [-0.1, -0.05) is 24.3 Å². The Bertz CT molecular complexity index is 1150. The fourth-order valence-electron chi connectivity index (χ4n) is 3.08. The molecule has 1 aromatic carbocycles. The molecule has 3 heterocycles. The van der Waals surface area contributed by atoms with Crippen molar-refractivity contribution in [1.29, 1.82) is 5.26 Å². The van der Waals surface area contributed by atoms with Crippen LogP contribution >= 0.6 is 0 Å². The minimum Gasteiger partial charge on any atom is -0.361 e. The van der Waals surface area contributed by atoms with Crippen molar-refractivity contribution in [2.24, 2.45) is 0 Å². The summed E-state index contributed by atoms with van der Waals surface area (Å²) in [7, 11) is 0. The highest BCUT2D eigenvalue weighted by Gasteiger charge is 2.19. The van der Waals surface area contributed by atoms with Gasteiger partial charge in [0.05, 0.1) is 18.7 Å². The van der Waals surface area contributed by atoms with E-state index in [0.717, 1.165) is 22.1 Å². The summed E-state index contributed by atoms with van der Waals surface area (Å²) in [6.45, 7) is 0.541. The number of rotatable bonds is 3. The Balaban J connectivity index is 2.04. The summed E-state index contributed by atoms with van der Waals surface area (Å²) >= 11 is 0. The number of nitrogens with zero attached hydrogens (tertiary/aromatic N) is 3. The van der Waals surface area contributed by atoms with E-state index < -0.39 is 0 Å². The van der Waals surface area contributed by atoms with E-state index in [-0.39, 0.29) is 5.56 Å². The molecular weight excluding hydrogens is 300 g/mol. The Hall–Kier alpha value is -3.39. The molecule has 0 unspecified atom stereocenters. The zero-order valence-electron chi connectivity index (χ0n) is 12.9. The predicted molar refractivity (Wildman–Crippen MR) is 91.4 cm³/mol. The van der Waals surface area contributed by atoms with Crippen molar-refractivity contribution in [2.75, 3.05) is 0 Å². The molecule has 0 aliphatic rings. The van der Waals surface area contributed by atoms with Gasteiger partial charge in [-0.2, -0.15) is 9.66 Å². The highest BCUT2D eigenvalue weighted by Crippen LogP contribution is 2.25. The molecule has 4 rings (SSSR count). The molecule has 0 aliphatic heterocycles. The van der Waals surface area contributed by atoms with E-state index in [2.05, 4.69) is 11.1 Å². The van der Waals surface area contributed by atoms with Crippen LogP contribution in [0.1, 0.15) is 6.42 Å². The second-order valence-corrected chi connectivity index (χ2v) is 5.63. The summed E-state index contributed by atoms with van der Waals surface area (Å²) in [5.41, 5.74) is 3.20. The summed E-state index contributed by atoms with van der Waals surface area (Å²) in [6.07, 6.45) is 5.87. The summed E-state index contributed by atoms with van der Waals surface area (Å²) in [6, 6.07) is 15.7. The smallest absolute Gasteiger partial charge is 0.350 e. The predicted octanol–water partition coefficient (Wildman–Crippen LogP) is 2.65. The Morgan fingerprint density at radius 3 is 2.83 bits per heavy atom. The largest absolute Gasteiger partial charge is 0.361 e. The van der Waals surface area contributed by atoms with Crippen molar-refractivity contribution < 1.29 is 4.57 Å². The summed E-state index contributed by atoms with van der Waals surface area (Å²) in [5.74, 6) is 0. The topological polar surface area (TPSA) is 64.9 Å². The third kappa shape index (κ3) is 2.17. The molecule has 3 aromatic heterocycles. The van der Waals surface area contributed by atoms with E-state index in [4.69, 9.17) is 5.26 Å². The first kappa shape index (κ1) is 14.2. The van der Waals surface area contributed by atoms with Crippen molar-refractivity contribution >= 4 is 16.6 Å². The number of aromatic nitrogens is 3. The van der Waals surface area contributed by atoms with Crippen molar-refractivity contribution in [1.82, 2.24) is 9.38 Å². The lowest BCUT2D eigenvalue weighted by atomic mass is 10.1. The van der Waals surface area contributed by atoms with Gasteiger partial charge >= 0.3 is 5.56 Å². The molecule has 24 heavy (non-hydrogen) atoms. The van der Waals surface area contributed by atoms with E-state index >= 15 is 0 Å². The third-order valence-electron chi connectivity index (χ3n) is 4.21. The highest BCUT2D eigenvalue weighted by molar-refractivity contribution is 5.95. The van der Waals surface area contributed by atoms with Gasteiger partial charge in [0, 0.05) is 28.7 Å². The molecule has 0 saturated heterocycles. The molecular formula is C19H15N4O+. The van der Waals surface area contributed by atoms with Crippen molar-refractivity contribution in [3.05, 3.63) is 71.4 Å². The van der Waals surface area contributed by atoms with Crippen LogP contribution < -0.4 is 10.1 Å². The lowest BCUT2D eigenvalue weighted by molar-refractivity contribution is -0.673. The standard InChI is InChI=1S/C19H15N4O/c20-9-5-10-22-13-16(19(24)23-11-4-3-8-18(22)23)15-12-21-17-7-2-1-6-14(15)17/h1-4,6-8,11-13,21H,5,10H2/q+1. The average Bonchev–Trinajstić information content (AvgIpc) is 3.05. The number of benzene rings is 1. The summed E-state index contributed by atoms with van der Waals surface area (Å²) in [5, 5.41) is 9.92. The molecule has 0 atom stereocenters. The third-order valence-corrected chi connectivity index (χ3v) is 4.21. The number of hydrogen-bond donors (Lipinski definition) is 1. The average molecular weight is 315 g/mol. The van der Waals surface area contributed by atoms with E-state index in [0.29, 0.717) is 18.5 Å². The van der Waals surface area contributed by atoms with Gasteiger partial charge in [0.2, 0.25) is 0 Å². The SMILES string of the molecule is N#CCC[n+]1cc(-c2c[nH]c3ccccc23)c(=O)n2ccccc21. The Labute approximate surface area is 138 Å². The number of H-pyrrole nitrogens is 1. The molecule has 0 amide bonds. The maximum absolute atomic E-state index is 13.0. The fraction of sp³-hybridized carbons (Fsp3) is 0.105. The molecule has 4 aromatic rings. The van der Waals surface area contributed by atoms with Crippen LogP contribution in [0, 0.1) is 11.3 Å². The van der Waals surface area contributed by atoms with Gasteiger partial charge in [-0.3, -0.25) is 0 Å². The van der Waals surface area contributed by atoms with Gasteiger partial charge in [0.25, 0.3) is 5.65 Å². The highest BCUT2D eigenvalue weighted by atomic mass is 16.1. The van der Waals surface area contributed by atoms with Gasteiger partial charge in [-0.15, -0.1) is 0 Å². The van der Waals surface area contributed by atoms with Crippen LogP contribution in [0.3, 0.4) is 0 Å². The number of para-hydroxylation sites is 1. The van der Waals surface area contributed by atoms with Crippen molar-refractivity contribution in [3.8, 4) is 17.2 Å². The Kier molecular flexibility index (Phi) is 3.36. The van der Waals surface area contributed by atoms with E-state index in [9.17, 15) is 4.79 Å². The van der Waals surface area contributed by atoms with Crippen molar-refractivity contribution in [2.45, 2.75) is 13.0 Å². The van der Waals surface area contributed by atoms with Crippen LogP contribution in [0.15, 0.2) is 65.8 Å². The first-order chi connectivity index (χ1) is 11.8. The zero-order valence-corrected chi connectivity index (χ0v) is 12.9. The lowest BCUT2D eigenvalue weighted by Gasteiger charge is -2.05. The zero-order chi connectivity index (χ0) is 16.5. The maximum Gasteiger partial charge on any atom is 0.350 e. The molecule has 0 spiro atoms. The number of pyridine rings is 1. The molecule has 116 valence electrons. The fourth-order valence-corrected chi connectivity index (χ4v) is 3.08. The maximum atomic E-state index is 13.0. The molecule has 0 saturated carbocycles. The van der Waals surface area contributed by atoms with E-state index in [1.54, 1.807) is 10.6 Å². The van der Waals surface area contributed by atoms with Crippen LogP contribution in [0.5, 0.6) is 0 Å². The Morgan fingerprint density at radius 2 is 1.96 bits per heavy atom. The van der Waals surface area contributed by atoms with Gasteiger partial charge in [-0.05, 0) is 12.1 Å². The minimum absolute atomic E-state index is 0.0661. The van der Waals surface area contributed by atoms with E-state index in [1.165, 1.54) is 0 Å². The number of fused-ring (bicyclic) bond motifs is 2. The second-order valence-electron chi connectivity index (χ2n) is 5.63. The van der Waals surface area contributed by atoms with Gasteiger partial charge < -0.3 is 4.98 Å². The second kappa shape index (κ2) is 5.67. The van der Waals surface area contributed by atoms with Gasteiger partial charge in [0.1, 0.15) is 18.3 Å². The summed E-state index contributed by atoms with van der Waals surface area (Å²) in [4.78, 5) is 16.2. The molecule has 0 fully saturated rings. The molecule has 0 bridgehead atoms. The summed E-state index contributed by atoms with van der Waals surface area (Å²) < 4.78 is 3.59. The molecule has 0 aliphatic carbocycles. The monoisotopic (exact) mass is 315 g/mol. The lowest BCUT2D eigenvalue weighted by Crippen LogP contribution is -2.40. The first-order valence-corrected chi connectivity index (χ1v) is 7.77. The number of nitriles is 1.